The first-order valence-electron chi connectivity index (χ1n) is 7.96. The van der Waals surface area contributed by atoms with E-state index in [1.165, 1.54) is 0 Å². The van der Waals surface area contributed by atoms with Crippen LogP contribution in [0.4, 0.5) is 0 Å². The summed E-state index contributed by atoms with van der Waals surface area (Å²) in [6, 6.07) is 11.7. The summed E-state index contributed by atoms with van der Waals surface area (Å²) in [5.41, 5.74) is 0.949. The quantitative estimate of drug-likeness (QED) is 0.444. The predicted octanol–water partition coefficient (Wildman–Crippen LogP) is 2.37. The lowest BCUT2D eigenvalue weighted by Gasteiger charge is -2.11. The Morgan fingerprint density at radius 3 is 2.74 bits per heavy atom. The molecule has 0 aliphatic rings. The summed E-state index contributed by atoms with van der Waals surface area (Å²) < 4.78 is 10.9. The fourth-order valence-corrected chi connectivity index (χ4v) is 1.95. The molecule has 0 bridgehead atoms. The first-order chi connectivity index (χ1) is 11.3. The second kappa shape index (κ2) is 9.50. The van der Waals surface area contributed by atoms with Crippen molar-refractivity contribution in [2.24, 2.45) is 4.99 Å². The van der Waals surface area contributed by atoms with Gasteiger partial charge in [-0.2, -0.15) is 0 Å². The lowest BCUT2D eigenvalue weighted by Crippen LogP contribution is -2.39. The van der Waals surface area contributed by atoms with Crippen molar-refractivity contribution in [1.82, 2.24) is 15.8 Å². The van der Waals surface area contributed by atoms with Gasteiger partial charge in [-0.3, -0.25) is 0 Å². The van der Waals surface area contributed by atoms with Crippen LogP contribution in [0.15, 0.2) is 45.9 Å². The van der Waals surface area contributed by atoms with Crippen molar-refractivity contribution in [2.45, 2.75) is 26.8 Å². The number of para-hydroxylation sites is 1. The number of rotatable bonds is 8. The minimum absolute atomic E-state index is 0.460. The number of aryl methyl sites for hydroxylation is 1. The smallest absolute Gasteiger partial charge is 0.191 e. The molecule has 124 valence electrons. The van der Waals surface area contributed by atoms with E-state index < -0.39 is 0 Å². The van der Waals surface area contributed by atoms with E-state index in [2.05, 4.69) is 20.8 Å². The monoisotopic (exact) mass is 316 g/mol. The highest BCUT2D eigenvalue weighted by molar-refractivity contribution is 5.79. The second-order valence-electron chi connectivity index (χ2n) is 4.92. The molecule has 2 aromatic rings. The predicted molar refractivity (Wildman–Crippen MR) is 90.6 cm³/mol. The number of benzene rings is 1. The van der Waals surface area contributed by atoms with Gasteiger partial charge in [0.25, 0.3) is 0 Å². The first-order valence-corrected chi connectivity index (χ1v) is 7.96. The second-order valence-corrected chi connectivity index (χ2v) is 4.92. The van der Waals surface area contributed by atoms with Crippen LogP contribution >= 0.6 is 0 Å². The highest BCUT2D eigenvalue weighted by Gasteiger charge is 2.03. The number of hydrogen-bond acceptors (Lipinski definition) is 4. The van der Waals surface area contributed by atoms with Crippen molar-refractivity contribution in [3.63, 3.8) is 0 Å². The Labute approximate surface area is 136 Å². The number of nitrogens with one attached hydrogen (secondary N) is 2. The summed E-state index contributed by atoms with van der Waals surface area (Å²) in [4.78, 5) is 4.48. The molecule has 1 aromatic heterocycles. The van der Waals surface area contributed by atoms with Gasteiger partial charge in [-0.1, -0.05) is 30.3 Å². The van der Waals surface area contributed by atoms with Gasteiger partial charge in [-0.25, -0.2) is 4.99 Å². The van der Waals surface area contributed by atoms with Crippen LogP contribution in [0.2, 0.25) is 0 Å². The highest BCUT2D eigenvalue weighted by Crippen LogP contribution is 2.07. The molecule has 6 nitrogen and oxygen atoms in total. The molecule has 0 spiro atoms. The fourth-order valence-electron chi connectivity index (χ4n) is 1.95. The van der Waals surface area contributed by atoms with Gasteiger partial charge < -0.3 is 19.9 Å². The minimum Gasteiger partial charge on any atom is -0.492 e. The van der Waals surface area contributed by atoms with Gasteiger partial charge in [-0.05, 0) is 25.5 Å². The Balaban J connectivity index is 1.77. The third kappa shape index (κ3) is 6.02. The van der Waals surface area contributed by atoms with Gasteiger partial charge in [0.1, 0.15) is 18.9 Å². The van der Waals surface area contributed by atoms with Crippen molar-refractivity contribution in [1.29, 1.82) is 0 Å². The summed E-state index contributed by atoms with van der Waals surface area (Å²) in [7, 11) is 0. The Kier molecular flexibility index (Phi) is 6.97. The van der Waals surface area contributed by atoms with Crippen molar-refractivity contribution >= 4 is 5.96 Å². The van der Waals surface area contributed by atoms with Crippen LogP contribution in [0.3, 0.4) is 0 Å². The van der Waals surface area contributed by atoms with Crippen LogP contribution in [-0.4, -0.2) is 30.8 Å². The Hall–Kier alpha value is -2.50. The lowest BCUT2D eigenvalue weighted by molar-refractivity contribution is 0.322. The number of guanidine groups is 1. The number of aromatic nitrogens is 1. The van der Waals surface area contributed by atoms with Gasteiger partial charge >= 0.3 is 0 Å². The zero-order valence-electron chi connectivity index (χ0n) is 13.7. The van der Waals surface area contributed by atoms with E-state index in [-0.39, 0.29) is 0 Å². The molecule has 0 unspecified atom stereocenters. The largest absolute Gasteiger partial charge is 0.492 e. The maximum atomic E-state index is 5.64. The van der Waals surface area contributed by atoms with E-state index >= 15 is 0 Å². The molecule has 0 saturated carbocycles. The SMILES string of the molecule is CCNC(=NCc1cc(CC)no1)NCCOc1ccccc1. The molecule has 0 radical (unpaired) electrons. The summed E-state index contributed by atoms with van der Waals surface area (Å²) in [6.07, 6.45) is 0.863. The van der Waals surface area contributed by atoms with Gasteiger partial charge in [0, 0.05) is 12.6 Å². The Morgan fingerprint density at radius 2 is 2.04 bits per heavy atom. The topological polar surface area (TPSA) is 71.7 Å². The molecule has 1 aromatic carbocycles. The molecular formula is C17H24N4O2. The maximum absolute atomic E-state index is 5.64. The fraction of sp³-hybridized carbons (Fsp3) is 0.412. The molecule has 1 heterocycles. The molecule has 0 aliphatic heterocycles. The van der Waals surface area contributed by atoms with Crippen molar-refractivity contribution in [2.75, 3.05) is 19.7 Å². The molecule has 0 saturated heterocycles. The van der Waals surface area contributed by atoms with Crippen LogP contribution < -0.4 is 15.4 Å². The molecule has 0 atom stereocenters. The third-order valence-electron chi connectivity index (χ3n) is 3.11. The standard InChI is InChI=1S/C17H24N4O2/c1-3-14-12-16(23-21-14)13-20-17(18-4-2)19-10-11-22-15-8-6-5-7-9-15/h5-9,12H,3-4,10-11,13H2,1-2H3,(H2,18,19,20). The molecular weight excluding hydrogens is 292 g/mol. The summed E-state index contributed by atoms with van der Waals surface area (Å²) in [5, 5.41) is 10.4. The molecule has 0 amide bonds. The normalized spacial score (nSPS) is 11.3. The molecule has 0 fully saturated rings. The van der Waals surface area contributed by atoms with E-state index in [1.807, 2.05) is 50.2 Å². The van der Waals surface area contributed by atoms with Gasteiger partial charge in [0.2, 0.25) is 0 Å². The van der Waals surface area contributed by atoms with E-state index in [0.29, 0.717) is 19.7 Å². The number of nitrogens with zero attached hydrogens (tertiary/aromatic N) is 2. The number of aliphatic imine (C=N–C) groups is 1. The van der Waals surface area contributed by atoms with Crippen LogP contribution in [0.1, 0.15) is 25.3 Å². The van der Waals surface area contributed by atoms with Gasteiger partial charge in [0.15, 0.2) is 11.7 Å². The zero-order chi connectivity index (χ0) is 16.3. The van der Waals surface area contributed by atoms with Crippen LogP contribution in [0.5, 0.6) is 5.75 Å². The first kappa shape index (κ1) is 16.9. The van der Waals surface area contributed by atoms with E-state index in [0.717, 1.165) is 36.1 Å². The highest BCUT2D eigenvalue weighted by atomic mass is 16.5. The third-order valence-corrected chi connectivity index (χ3v) is 3.11. The zero-order valence-corrected chi connectivity index (χ0v) is 13.7. The van der Waals surface area contributed by atoms with Crippen molar-refractivity contribution in [3.8, 4) is 5.75 Å². The van der Waals surface area contributed by atoms with Crippen LogP contribution in [-0.2, 0) is 13.0 Å². The Morgan fingerprint density at radius 1 is 1.22 bits per heavy atom. The molecule has 6 heteroatoms. The molecule has 23 heavy (non-hydrogen) atoms. The average molecular weight is 316 g/mol. The molecule has 2 rings (SSSR count). The summed E-state index contributed by atoms with van der Waals surface area (Å²) in [5.74, 6) is 2.36. The number of hydrogen-bond donors (Lipinski definition) is 2. The molecule has 2 N–H and O–H groups in total. The van der Waals surface area contributed by atoms with Crippen LogP contribution in [0.25, 0.3) is 0 Å². The summed E-state index contributed by atoms with van der Waals surface area (Å²) in [6.45, 7) is 6.56. The van der Waals surface area contributed by atoms with Crippen molar-refractivity contribution < 1.29 is 9.26 Å². The van der Waals surface area contributed by atoms with Gasteiger partial charge in [0.05, 0.1) is 12.2 Å². The maximum Gasteiger partial charge on any atom is 0.191 e. The summed E-state index contributed by atoms with van der Waals surface area (Å²) >= 11 is 0. The Bertz CT molecular complexity index is 596. The van der Waals surface area contributed by atoms with E-state index in [1.54, 1.807) is 0 Å². The van der Waals surface area contributed by atoms with Crippen LogP contribution in [0, 0.1) is 0 Å². The average Bonchev–Trinajstić information content (AvgIpc) is 3.05. The lowest BCUT2D eigenvalue weighted by atomic mass is 10.3. The number of ether oxygens (including phenoxy) is 1. The molecule has 0 aliphatic carbocycles. The van der Waals surface area contributed by atoms with Crippen molar-refractivity contribution in [3.05, 3.63) is 47.9 Å². The minimum atomic E-state index is 0.460. The van der Waals surface area contributed by atoms with E-state index in [4.69, 9.17) is 9.26 Å². The van der Waals surface area contributed by atoms with Gasteiger partial charge in [-0.15, -0.1) is 0 Å². The van der Waals surface area contributed by atoms with E-state index in [9.17, 15) is 0 Å².